The van der Waals surface area contributed by atoms with E-state index in [0.717, 1.165) is 19.3 Å². The van der Waals surface area contributed by atoms with Crippen LogP contribution in [0.15, 0.2) is 46.8 Å². The van der Waals surface area contributed by atoms with Crippen LogP contribution in [-0.4, -0.2) is 29.9 Å². The third kappa shape index (κ3) is 3.18. The second-order valence-corrected chi connectivity index (χ2v) is 12.6. The van der Waals surface area contributed by atoms with Gasteiger partial charge in [0.25, 0.3) is 0 Å². The lowest BCUT2D eigenvalue weighted by Crippen LogP contribution is -2.70. The minimum absolute atomic E-state index is 0.00746. The Balaban J connectivity index is 1.73. The predicted octanol–water partition coefficient (Wildman–Crippen LogP) is 5.78. The fraction of sp³-hybridized carbons (Fsp3) is 0.633. The standard InChI is InChI=1S/C30H38O6/c1-17(31)35-24-25-27(3,4)23(33)11-14-29(25,6)22-10-13-28(5)20(19-12-15-34-16-19)8-9-21(28)30(22,7)26(24)36-18(2)32/h9,11-12,14-16,20,22,24-26H,8,10,13H2,1-7H3/t20-,22+,24+,25-,26+,28+,29+,30-/m0/s1. The largest absolute Gasteiger partial charge is 0.472 e. The fourth-order valence-corrected chi connectivity index (χ4v) is 9.09. The van der Waals surface area contributed by atoms with Crippen molar-refractivity contribution in [1.29, 1.82) is 0 Å². The molecule has 0 aromatic carbocycles. The smallest absolute Gasteiger partial charge is 0.303 e. The number of allylic oxidation sites excluding steroid dienone is 3. The first-order valence-electron chi connectivity index (χ1n) is 13.1. The van der Waals surface area contributed by atoms with Crippen LogP contribution in [0.25, 0.3) is 0 Å². The number of hydrogen-bond acceptors (Lipinski definition) is 6. The van der Waals surface area contributed by atoms with Crippen LogP contribution in [-0.2, 0) is 23.9 Å². The molecule has 1 aromatic rings. The average molecular weight is 495 g/mol. The van der Waals surface area contributed by atoms with Gasteiger partial charge in [-0.3, -0.25) is 14.4 Å². The molecule has 2 saturated carbocycles. The maximum absolute atomic E-state index is 13.2. The summed E-state index contributed by atoms with van der Waals surface area (Å²) in [5, 5.41) is 0. The molecule has 194 valence electrons. The monoisotopic (exact) mass is 494 g/mol. The zero-order valence-corrected chi connectivity index (χ0v) is 22.4. The molecule has 0 radical (unpaired) electrons. The lowest BCUT2D eigenvalue weighted by molar-refractivity contribution is -0.237. The molecular weight excluding hydrogens is 456 g/mol. The van der Waals surface area contributed by atoms with Crippen LogP contribution in [0.5, 0.6) is 0 Å². The first-order chi connectivity index (χ1) is 16.8. The molecular formula is C30H38O6. The molecule has 0 aliphatic heterocycles. The first-order valence-corrected chi connectivity index (χ1v) is 13.1. The summed E-state index contributed by atoms with van der Waals surface area (Å²) in [7, 11) is 0. The van der Waals surface area contributed by atoms with Crippen LogP contribution in [0.1, 0.15) is 79.2 Å². The van der Waals surface area contributed by atoms with Gasteiger partial charge in [0, 0.05) is 30.6 Å². The van der Waals surface area contributed by atoms with Crippen molar-refractivity contribution in [1.82, 2.24) is 0 Å². The number of furan rings is 1. The summed E-state index contributed by atoms with van der Waals surface area (Å²) in [5.41, 5.74) is 0.496. The van der Waals surface area contributed by atoms with Crippen molar-refractivity contribution in [3.63, 3.8) is 0 Å². The van der Waals surface area contributed by atoms with E-state index in [4.69, 9.17) is 13.9 Å². The lowest BCUT2D eigenvalue weighted by atomic mass is 9.37. The maximum Gasteiger partial charge on any atom is 0.303 e. The van der Waals surface area contributed by atoms with Crippen molar-refractivity contribution in [2.45, 2.75) is 85.9 Å². The number of carbonyl (C=O) groups excluding carboxylic acids is 3. The quantitative estimate of drug-likeness (QED) is 0.391. The average Bonchev–Trinajstić information content (AvgIpc) is 3.41. The molecule has 0 saturated heterocycles. The van der Waals surface area contributed by atoms with Crippen molar-refractivity contribution in [2.75, 3.05) is 0 Å². The summed E-state index contributed by atoms with van der Waals surface area (Å²) in [4.78, 5) is 38.2. The van der Waals surface area contributed by atoms with Gasteiger partial charge in [0.1, 0.15) is 12.2 Å². The molecule has 36 heavy (non-hydrogen) atoms. The Morgan fingerprint density at radius 1 is 1.06 bits per heavy atom. The molecule has 6 heteroatoms. The number of esters is 2. The van der Waals surface area contributed by atoms with E-state index in [1.807, 2.05) is 26.2 Å². The number of fused-ring (bicyclic) bond motifs is 5. The molecule has 8 atom stereocenters. The summed E-state index contributed by atoms with van der Waals surface area (Å²) in [6, 6.07) is 2.04. The second kappa shape index (κ2) is 7.93. The van der Waals surface area contributed by atoms with Crippen molar-refractivity contribution >= 4 is 17.7 Å². The summed E-state index contributed by atoms with van der Waals surface area (Å²) in [6.45, 7) is 13.4. The summed E-state index contributed by atoms with van der Waals surface area (Å²) in [5.74, 6) is -0.808. The van der Waals surface area contributed by atoms with Gasteiger partial charge in [0.2, 0.25) is 0 Å². The van der Waals surface area contributed by atoms with Crippen molar-refractivity contribution < 1.29 is 28.3 Å². The molecule has 1 aromatic heterocycles. The summed E-state index contributed by atoms with van der Waals surface area (Å²) < 4.78 is 17.7. The van der Waals surface area contributed by atoms with E-state index in [1.165, 1.54) is 25.0 Å². The van der Waals surface area contributed by atoms with Gasteiger partial charge in [-0.2, -0.15) is 0 Å². The molecule has 0 spiro atoms. The van der Waals surface area contributed by atoms with Crippen LogP contribution in [0.2, 0.25) is 0 Å². The van der Waals surface area contributed by atoms with E-state index in [1.54, 1.807) is 12.3 Å². The van der Waals surface area contributed by atoms with E-state index < -0.39 is 40.4 Å². The molecule has 0 bridgehead atoms. The predicted molar refractivity (Wildman–Crippen MR) is 134 cm³/mol. The lowest BCUT2D eigenvalue weighted by Gasteiger charge is -2.67. The Morgan fingerprint density at radius 2 is 1.75 bits per heavy atom. The Bertz CT molecular complexity index is 1160. The van der Waals surface area contributed by atoms with Crippen molar-refractivity contribution in [3.05, 3.63) is 48.0 Å². The Morgan fingerprint density at radius 3 is 2.36 bits per heavy atom. The number of carbonyl (C=O) groups is 3. The Kier molecular flexibility index (Phi) is 5.52. The molecule has 0 N–H and O–H groups in total. The second-order valence-electron chi connectivity index (χ2n) is 12.6. The molecule has 4 aliphatic rings. The molecule has 6 nitrogen and oxygen atoms in total. The zero-order chi connectivity index (χ0) is 26.3. The van der Waals surface area contributed by atoms with Crippen molar-refractivity contribution in [2.24, 2.45) is 33.5 Å². The van der Waals surface area contributed by atoms with Gasteiger partial charge >= 0.3 is 11.9 Å². The summed E-state index contributed by atoms with van der Waals surface area (Å²) in [6.07, 6.45) is 11.0. The SMILES string of the molecule is CC(=O)O[C@H]1[C@@H](OC(C)=O)[C@@]2(C)C3=CC[C@@H](c4ccoc4)[C@@]3(C)CC[C@@H]2[C@@]2(C)C=CC(=O)C(C)(C)[C@H]12. The third-order valence-corrected chi connectivity index (χ3v) is 10.4. The van der Waals surface area contributed by atoms with Gasteiger partial charge in [0.15, 0.2) is 5.78 Å². The Hall–Kier alpha value is -2.63. The number of ether oxygens (including phenoxy) is 2. The minimum atomic E-state index is -0.784. The highest BCUT2D eigenvalue weighted by molar-refractivity contribution is 5.96. The van der Waals surface area contributed by atoms with Gasteiger partial charge in [-0.1, -0.05) is 52.3 Å². The number of rotatable bonds is 3. The van der Waals surface area contributed by atoms with Gasteiger partial charge in [-0.25, -0.2) is 0 Å². The van der Waals surface area contributed by atoms with Crippen LogP contribution >= 0.6 is 0 Å². The highest BCUT2D eigenvalue weighted by Gasteiger charge is 2.72. The Labute approximate surface area is 213 Å². The third-order valence-electron chi connectivity index (χ3n) is 10.4. The van der Waals surface area contributed by atoms with Crippen LogP contribution < -0.4 is 0 Å². The maximum atomic E-state index is 13.2. The van der Waals surface area contributed by atoms with Gasteiger partial charge in [-0.15, -0.1) is 0 Å². The molecule has 4 aliphatic carbocycles. The summed E-state index contributed by atoms with van der Waals surface area (Å²) >= 11 is 0. The molecule has 1 heterocycles. The van der Waals surface area contributed by atoms with Gasteiger partial charge < -0.3 is 13.9 Å². The van der Waals surface area contributed by atoms with E-state index in [0.29, 0.717) is 0 Å². The zero-order valence-electron chi connectivity index (χ0n) is 22.4. The number of ketones is 1. The van der Waals surface area contributed by atoms with Crippen LogP contribution in [0.4, 0.5) is 0 Å². The van der Waals surface area contributed by atoms with Gasteiger partial charge in [-0.05, 0) is 59.6 Å². The highest BCUT2D eigenvalue weighted by Crippen LogP contribution is 2.73. The molecule has 0 amide bonds. The first kappa shape index (κ1) is 25.0. The van der Waals surface area contributed by atoms with E-state index in [2.05, 4.69) is 32.9 Å². The van der Waals surface area contributed by atoms with Gasteiger partial charge in [0.05, 0.1) is 12.5 Å². The molecule has 5 rings (SSSR count). The molecule has 0 unspecified atom stereocenters. The molecule has 2 fully saturated rings. The number of hydrogen-bond donors (Lipinski definition) is 0. The van der Waals surface area contributed by atoms with E-state index >= 15 is 0 Å². The van der Waals surface area contributed by atoms with Crippen LogP contribution in [0, 0.1) is 33.5 Å². The fourth-order valence-electron chi connectivity index (χ4n) is 9.09. The minimum Gasteiger partial charge on any atom is -0.472 e. The topological polar surface area (TPSA) is 82.8 Å². The van der Waals surface area contributed by atoms with Crippen molar-refractivity contribution in [3.8, 4) is 0 Å². The highest BCUT2D eigenvalue weighted by atomic mass is 16.6. The van der Waals surface area contributed by atoms with E-state index in [9.17, 15) is 14.4 Å². The van der Waals surface area contributed by atoms with E-state index in [-0.39, 0.29) is 29.0 Å². The normalized spacial score (nSPS) is 42.6. The van der Waals surface area contributed by atoms with Crippen LogP contribution in [0.3, 0.4) is 0 Å².